The standard InChI is InChI=1S/C98H91BN4/c1-94(2,3)66-44-48-75-76-49-45-67(95(4,5)6)57-86(76)101(85(75)56-66)72-47-51-82-88(61-72)103(93-79(64-36-24-18-25-37-64)54-69(97(10,11)12)55-80(93)65-38-26-19-27-39-65)90-59-70(98(13,14)15)58-89-91(90)99(82)81-50-46-71(100-83-42-30-28-40-73(83)74-41-29-31-43-84(74)100)60-87(81)102(89)92-77(62-32-20-16-21-33-62)52-68(96(7,8)9)53-78(92)63-34-22-17-23-35-63/h16-61H,1-15H3. The lowest BCUT2D eigenvalue weighted by Gasteiger charge is -2.47. The minimum atomic E-state index is -0.328. The highest BCUT2D eigenvalue weighted by Crippen LogP contribution is 2.56. The highest BCUT2D eigenvalue weighted by molar-refractivity contribution is 7.00. The average Bonchev–Trinajstić information content (AvgIpc) is 1.20. The third kappa shape index (κ3) is 10.9. The first kappa shape index (κ1) is 65.4. The zero-order valence-corrected chi connectivity index (χ0v) is 62.4. The Kier molecular flexibility index (Phi) is 15.2. The van der Waals surface area contributed by atoms with Crippen molar-refractivity contribution in [2.75, 3.05) is 9.80 Å². The van der Waals surface area contributed by atoms with Crippen LogP contribution in [0.4, 0.5) is 34.1 Å². The molecule has 15 aromatic rings. The van der Waals surface area contributed by atoms with Gasteiger partial charge in [-0.3, -0.25) is 0 Å². The van der Waals surface area contributed by atoms with Crippen LogP contribution in [-0.2, 0) is 27.1 Å². The van der Waals surface area contributed by atoms with Crippen molar-refractivity contribution in [1.29, 1.82) is 0 Å². The Morgan fingerprint density at radius 2 is 0.524 bits per heavy atom. The summed E-state index contributed by atoms with van der Waals surface area (Å²) in [5, 5.41) is 4.97. The van der Waals surface area contributed by atoms with E-state index in [9.17, 15) is 0 Å². The van der Waals surface area contributed by atoms with E-state index in [4.69, 9.17) is 0 Å². The van der Waals surface area contributed by atoms with Crippen molar-refractivity contribution in [3.05, 3.63) is 307 Å². The van der Waals surface area contributed by atoms with Crippen LogP contribution in [-0.4, -0.2) is 15.8 Å². The number of benzene rings is 13. The second-order valence-corrected chi connectivity index (χ2v) is 34.2. The van der Waals surface area contributed by atoms with Crippen molar-refractivity contribution in [2.24, 2.45) is 0 Å². The topological polar surface area (TPSA) is 16.3 Å². The van der Waals surface area contributed by atoms with Crippen LogP contribution in [0, 0.1) is 0 Å². The van der Waals surface area contributed by atoms with Gasteiger partial charge in [0.25, 0.3) is 6.71 Å². The van der Waals surface area contributed by atoms with Gasteiger partial charge in [-0.2, -0.15) is 0 Å². The molecule has 0 N–H and O–H groups in total. The first-order valence-electron chi connectivity index (χ1n) is 37.0. The molecule has 2 aliphatic heterocycles. The van der Waals surface area contributed by atoms with Crippen LogP contribution < -0.4 is 26.2 Å². The summed E-state index contributed by atoms with van der Waals surface area (Å²) >= 11 is 0. The molecule has 0 bridgehead atoms. The van der Waals surface area contributed by atoms with Gasteiger partial charge in [0.05, 0.1) is 33.4 Å². The van der Waals surface area contributed by atoms with E-state index in [-0.39, 0.29) is 33.8 Å². The van der Waals surface area contributed by atoms with Crippen molar-refractivity contribution in [2.45, 2.75) is 131 Å². The molecular formula is C98H91BN4. The molecule has 0 fully saturated rings. The number of aromatic nitrogens is 2. The number of rotatable bonds is 8. The van der Waals surface area contributed by atoms with Gasteiger partial charge in [-0.1, -0.05) is 298 Å². The zero-order chi connectivity index (χ0) is 71.4. The van der Waals surface area contributed by atoms with E-state index >= 15 is 0 Å². The Labute approximate surface area is 609 Å². The van der Waals surface area contributed by atoms with Gasteiger partial charge in [-0.05, 0) is 178 Å². The van der Waals surface area contributed by atoms with Crippen molar-refractivity contribution in [3.63, 3.8) is 0 Å². The summed E-state index contributed by atoms with van der Waals surface area (Å²) in [7, 11) is 0. The lowest BCUT2D eigenvalue weighted by molar-refractivity contribution is 0.590. The summed E-state index contributed by atoms with van der Waals surface area (Å²) < 4.78 is 5.11. The molecule has 103 heavy (non-hydrogen) atoms. The molecule has 2 aromatic heterocycles. The number of nitrogens with zero attached hydrogens (tertiary/aromatic N) is 4. The maximum absolute atomic E-state index is 2.75. The van der Waals surface area contributed by atoms with Crippen molar-refractivity contribution in [1.82, 2.24) is 9.13 Å². The molecule has 13 aromatic carbocycles. The van der Waals surface area contributed by atoms with Crippen LogP contribution in [0.25, 0.3) is 99.5 Å². The molecule has 0 saturated carbocycles. The van der Waals surface area contributed by atoms with Crippen molar-refractivity contribution in [3.8, 4) is 55.9 Å². The molecule has 4 heterocycles. The number of fused-ring (bicyclic) bond motifs is 10. The van der Waals surface area contributed by atoms with E-state index in [0.717, 1.165) is 67.8 Å². The maximum atomic E-state index is 2.75. The summed E-state index contributed by atoms with van der Waals surface area (Å²) in [4.78, 5) is 5.49. The van der Waals surface area contributed by atoms with E-state index in [2.05, 4.69) is 402 Å². The van der Waals surface area contributed by atoms with Gasteiger partial charge in [0.15, 0.2) is 0 Å². The Bertz CT molecular complexity index is 5630. The summed E-state index contributed by atoms with van der Waals surface area (Å²) in [6.07, 6.45) is 0. The predicted molar refractivity (Wildman–Crippen MR) is 444 cm³/mol. The molecule has 2 aliphatic rings. The van der Waals surface area contributed by atoms with Gasteiger partial charge in [0, 0.05) is 77.9 Å². The number of anilines is 6. The zero-order valence-electron chi connectivity index (χ0n) is 62.4. The smallest absolute Gasteiger partial charge is 0.252 e. The number of hydrogen-bond acceptors (Lipinski definition) is 2. The van der Waals surface area contributed by atoms with E-state index in [0.29, 0.717) is 0 Å². The molecule has 5 heteroatoms. The maximum Gasteiger partial charge on any atom is 0.252 e. The van der Waals surface area contributed by atoms with Crippen LogP contribution in [0.5, 0.6) is 0 Å². The van der Waals surface area contributed by atoms with E-state index in [1.807, 2.05) is 0 Å². The second kappa shape index (κ2) is 23.9. The highest BCUT2D eigenvalue weighted by atomic mass is 15.2. The summed E-state index contributed by atoms with van der Waals surface area (Å²) in [6, 6.07) is 108. The predicted octanol–water partition coefficient (Wildman–Crippen LogP) is 25.1. The van der Waals surface area contributed by atoms with Gasteiger partial charge in [0.1, 0.15) is 0 Å². The molecule has 506 valence electrons. The lowest BCUT2D eigenvalue weighted by Crippen LogP contribution is -2.61. The molecule has 0 unspecified atom stereocenters. The number of hydrogen-bond donors (Lipinski definition) is 0. The Hall–Kier alpha value is -10.9. The monoisotopic (exact) mass is 1330 g/mol. The Balaban J connectivity index is 1.08. The van der Waals surface area contributed by atoms with Gasteiger partial charge < -0.3 is 18.9 Å². The van der Waals surface area contributed by atoms with Gasteiger partial charge in [-0.15, -0.1) is 0 Å². The van der Waals surface area contributed by atoms with Gasteiger partial charge in [-0.25, -0.2) is 0 Å². The van der Waals surface area contributed by atoms with Crippen LogP contribution in [0.2, 0.25) is 0 Å². The molecule has 0 aliphatic carbocycles. The van der Waals surface area contributed by atoms with Gasteiger partial charge in [0.2, 0.25) is 0 Å². The Morgan fingerprint density at radius 1 is 0.233 bits per heavy atom. The minimum absolute atomic E-state index is 0.0895. The van der Waals surface area contributed by atoms with Crippen LogP contribution in [0.15, 0.2) is 279 Å². The van der Waals surface area contributed by atoms with Crippen LogP contribution in [0.3, 0.4) is 0 Å². The minimum Gasteiger partial charge on any atom is -0.310 e. The average molecular weight is 1340 g/mol. The largest absolute Gasteiger partial charge is 0.310 e. The fraction of sp³-hybridized carbons (Fsp3) is 0.204. The SMILES string of the molecule is CC(C)(C)c1cc(-c2ccccc2)c(N2c3cc(-n4c5ccccc5c5ccccc54)ccc3B3c4ccc(-n5c6cc(C(C)(C)C)ccc6c6ccc(C(C)(C)C)cc65)cc4N(c4c(-c5ccccc5)cc(C(C)(C)C)cc4-c4ccccc4)c4cc(C(C)(C)C)cc2c43)c(-c2ccccc2)c1. The summed E-state index contributed by atoms with van der Waals surface area (Å²) in [5.41, 5.74) is 32.5. The third-order valence-electron chi connectivity index (χ3n) is 22.2. The number of para-hydroxylation sites is 2. The third-order valence-corrected chi connectivity index (χ3v) is 22.2. The molecule has 0 spiro atoms. The second-order valence-electron chi connectivity index (χ2n) is 34.2. The van der Waals surface area contributed by atoms with E-state index < -0.39 is 0 Å². The molecule has 4 nitrogen and oxygen atoms in total. The molecule has 0 radical (unpaired) electrons. The molecule has 0 saturated heterocycles. The normalized spacial score (nSPS) is 13.3. The Morgan fingerprint density at radius 3 is 0.854 bits per heavy atom. The molecule has 0 amide bonds. The molecule has 0 atom stereocenters. The van der Waals surface area contributed by atoms with Crippen LogP contribution in [0.1, 0.15) is 132 Å². The lowest BCUT2D eigenvalue weighted by atomic mass is 9.33. The van der Waals surface area contributed by atoms with Crippen LogP contribution >= 0.6 is 0 Å². The molecular weight excluding hydrogens is 1240 g/mol. The highest BCUT2D eigenvalue weighted by Gasteiger charge is 2.47. The first-order chi connectivity index (χ1) is 49.3. The summed E-state index contributed by atoms with van der Waals surface area (Å²) in [5.74, 6) is 0. The van der Waals surface area contributed by atoms with Gasteiger partial charge >= 0.3 is 0 Å². The first-order valence-corrected chi connectivity index (χ1v) is 37.0. The quantitative estimate of drug-likeness (QED) is 0.141. The molecule has 17 rings (SSSR count). The van der Waals surface area contributed by atoms with E-state index in [1.54, 1.807) is 0 Å². The van der Waals surface area contributed by atoms with Crippen molar-refractivity contribution >= 4 is 101 Å². The van der Waals surface area contributed by atoms with E-state index in [1.165, 1.54) is 110 Å². The fourth-order valence-electron chi connectivity index (χ4n) is 16.6. The van der Waals surface area contributed by atoms with Crippen molar-refractivity contribution < 1.29 is 0 Å². The summed E-state index contributed by atoms with van der Waals surface area (Å²) in [6.45, 7) is 35.2. The fourth-order valence-corrected chi connectivity index (χ4v) is 16.6.